The Morgan fingerprint density at radius 1 is 1.17 bits per heavy atom. The molecule has 0 saturated carbocycles. The number of phenols is 1. The van der Waals surface area contributed by atoms with Crippen LogP contribution < -0.4 is 0 Å². The number of carbonyl (C=O) groups is 1. The van der Waals surface area contributed by atoms with E-state index in [-0.39, 0.29) is 17.4 Å². The summed E-state index contributed by atoms with van der Waals surface area (Å²) in [5.74, 6) is -0.203. The van der Waals surface area contributed by atoms with Gasteiger partial charge in [0.2, 0.25) is 0 Å². The van der Waals surface area contributed by atoms with Gasteiger partial charge in [0.05, 0.1) is 22.3 Å². The van der Waals surface area contributed by atoms with Crippen LogP contribution in [0.4, 0.5) is 0 Å². The summed E-state index contributed by atoms with van der Waals surface area (Å²) in [6.07, 6.45) is 3.88. The van der Waals surface area contributed by atoms with Crippen LogP contribution in [0.3, 0.4) is 0 Å². The van der Waals surface area contributed by atoms with Crippen LogP contribution in [0.25, 0.3) is 10.6 Å². The summed E-state index contributed by atoms with van der Waals surface area (Å²) >= 11 is 1.57. The number of aromatic nitrogens is 3. The maximum atomic E-state index is 13.3. The van der Waals surface area contributed by atoms with Gasteiger partial charge in [-0.2, -0.15) is 10.2 Å². The van der Waals surface area contributed by atoms with E-state index < -0.39 is 6.04 Å². The third-order valence-corrected chi connectivity index (χ3v) is 5.90. The van der Waals surface area contributed by atoms with E-state index in [2.05, 4.69) is 20.3 Å². The molecule has 4 aromatic rings. The molecule has 1 aliphatic rings. The molecule has 4 heterocycles. The Balaban J connectivity index is 1.52. The first-order valence-corrected chi connectivity index (χ1v) is 10.3. The highest BCUT2D eigenvalue weighted by atomic mass is 32.1. The Bertz CT molecular complexity index is 1220. The zero-order chi connectivity index (χ0) is 20.5. The zero-order valence-electron chi connectivity index (χ0n) is 15.8. The average molecular weight is 415 g/mol. The van der Waals surface area contributed by atoms with E-state index in [4.69, 9.17) is 0 Å². The molecular formula is C22H17N5O2S. The normalized spacial score (nSPS) is 15.9. The molecule has 0 fully saturated rings. The fraction of sp³-hybridized carbons (Fsp3) is 0.0909. The highest BCUT2D eigenvalue weighted by Crippen LogP contribution is 2.37. The molecule has 1 atom stereocenters. The van der Waals surface area contributed by atoms with Gasteiger partial charge in [0, 0.05) is 29.9 Å². The molecule has 8 heteroatoms. The van der Waals surface area contributed by atoms with Crippen molar-refractivity contribution >= 4 is 23.0 Å². The van der Waals surface area contributed by atoms with E-state index in [1.54, 1.807) is 41.9 Å². The van der Waals surface area contributed by atoms with E-state index in [9.17, 15) is 9.90 Å². The minimum atomic E-state index is -0.434. The number of benzene rings is 1. The minimum Gasteiger partial charge on any atom is -0.508 e. The number of hydrazone groups is 1. The van der Waals surface area contributed by atoms with Crippen LogP contribution in [0.15, 0.2) is 77.5 Å². The Labute approximate surface area is 176 Å². The molecule has 148 valence electrons. The van der Waals surface area contributed by atoms with Crippen LogP contribution in [-0.2, 0) is 0 Å². The Hall–Kier alpha value is -3.78. The lowest BCUT2D eigenvalue weighted by atomic mass is 9.98. The number of para-hydroxylation sites is 1. The summed E-state index contributed by atoms with van der Waals surface area (Å²) in [5.41, 5.74) is 3.27. The van der Waals surface area contributed by atoms with Crippen molar-refractivity contribution in [2.24, 2.45) is 5.10 Å². The molecule has 0 spiro atoms. The van der Waals surface area contributed by atoms with E-state index in [0.717, 1.165) is 21.8 Å². The quantitative estimate of drug-likeness (QED) is 0.521. The number of aromatic hydroxyl groups is 1. The summed E-state index contributed by atoms with van der Waals surface area (Å²) in [5, 5.41) is 25.5. The van der Waals surface area contributed by atoms with Gasteiger partial charge in [0.1, 0.15) is 5.75 Å². The van der Waals surface area contributed by atoms with E-state index in [1.807, 2.05) is 41.8 Å². The summed E-state index contributed by atoms with van der Waals surface area (Å²) in [6.45, 7) is 0. The number of pyridine rings is 1. The van der Waals surface area contributed by atoms with Gasteiger partial charge in [-0.15, -0.1) is 11.3 Å². The third-order valence-electron chi connectivity index (χ3n) is 4.99. The van der Waals surface area contributed by atoms with Crippen molar-refractivity contribution in [1.82, 2.24) is 20.2 Å². The first-order valence-electron chi connectivity index (χ1n) is 9.39. The summed E-state index contributed by atoms with van der Waals surface area (Å²) in [6, 6.07) is 16.0. The summed E-state index contributed by atoms with van der Waals surface area (Å²) in [7, 11) is 0. The molecule has 1 aliphatic heterocycles. The van der Waals surface area contributed by atoms with Crippen molar-refractivity contribution in [2.75, 3.05) is 0 Å². The number of hydrogen-bond donors (Lipinski definition) is 2. The van der Waals surface area contributed by atoms with Crippen LogP contribution >= 0.6 is 11.3 Å². The molecule has 30 heavy (non-hydrogen) atoms. The SMILES string of the molecule is O=C(c1cc(-c2cccs2)[nH]n1)N1N=C(c2cccnc2)CC1c1ccccc1O. The lowest BCUT2D eigenvalue weighted by Gasteiger charge is -2.21. The average Bonchev–Trinajstić information content (AvgIpc) is 3.54. The maximum absolute atomic E-state index is 13.3. The molecular weight excluding hydrogens is 398 g/mol. The Kier molecular flexibility index (Phi) is 4.61. The smallest absolute Gasteiger partial charge is 0.295 e. The van der Waals surface area contributed by atoms with Crippen LogP contribution in [0.1, 0.15) is 34.1 Å². The molecule has 0 radical (unpaired) electrons. The molecule has 1 unspecified atom stereocenters. The fourth-order valence-corrected chi connectivity index (χ4v) is 4.22. The van der Waals surface area contributed by atoms with Crippen LogP contribution in [0.2, 0.25) is 0 Å². The van der Waals surface area contributed by atoms with Crippen LogP contribution in [-0.4, -0.2) is 36.9 Å². The minimum absolute atomic E-state index is 0.129. The lowest BCUT2D eigenvalue weighted by molar-refractivity contribution is 0.0703. The van der Waals surface area contributed by atoms with Crippen molar-refractivity contribution in [3.8, 4) is 16.3 Å². The molecule has 0 aliphatic carbocycles. The first kappa shape index (κ1) is 18.3. The second-order valence-corrected chi connectivity index (χ2v) is 7.81. The number of rotatable bonds is 4. The van der Waals surface area contributed by atoms with Gasteiger partial charge in [-0.25, -0.2) is 5.01 Å². The number of nitrogens with zero attached hydrogens (tertiary/aromatic N) is 4. The number of H-pyrrole nitrogens is 1. The maximum Gasteiger partial charge on any atom is 0.295 e. The summed E-state index contributed by atoms with van der Waals surface area (Å²) < 4.78 is 0. The largest absolute Gasteiger partial charge is 0.508 e. The molecule has 0 bridgehead atoms. The van der Waals surface area contributed by atoms with Gasteiger partial charge in [0.15, 0.2) is 5.69 Å². The van der Waals surface area contributed by atoms with Crippen molar-refractivity contribution < 1.29 is 9.90 Å². The zero-order valence-corrected chi connectivity index (χ0v) is 16.6. The highest BCUT2D eigenvalue weighted by molar-refractivity contribution is 7.13. The van der Waals surface area contributed by atoms with Gasteiger partial charge in [-0.1, -0.05) is 30.3 Å². The standard InChI is InChI=1S/C22H17N5O2S/c28-20-7-2-1-6-15(20)19-12-16(14-5-3-9-23-13-14)26-27(19)22(29)18-11-17(24-25-18)21-8-4-10-30-21/h1-11,13,19,28H,12H2,(H,24,25). The van der Waals surface area contributed by atoms with Crippen molar-refractivity contribution in [3.05, 3.63) is 89.2 Å². The molecule has 7 nitrogen and oxygen atoms in total. The Morgan fingerprint density at radius 3 is 2.83 bits per heavy atom. The third kappa shape index (κ3) is 3.27. The molecule has 1 amide bonds. The van der Waals surface area contributed by atoms with E-state index in [0.29, 0.717) is 12.0 Å². The molecule has 0 saturated heterocycles. The van der Waals surface area contributed by atoms with Crippen molar-refractivity contribution in [2.45, 2.75) is 12.5 Å². The van der Waals surface area contributed by atoms with Gasteiger partial charge in [-0.05, 0) is 29.6 Å². The lowest BCUT2D eigenvalue weighted by Crippen LogP contribution is -2.27. The number of aromatic amines is 1. The van der Waals surface area contributed by atoms with Gasteiger partial charge in [0.25, 0.3) is 5.91 Å². The molecule has 3 aromatic heterocycles. The van der Waals surface area contributed by atoms with Gasteiger partial charge < -0.3 is 5.11 Å². The van der Waals surface area contributed by atoms with Crippen molar-refractivity contribution in [3.63, 3.8) is 0 Å². The van der Waals surface area contributed by atoms with E-state index in [1.165, 1.54) is 5.01 Å². The second kappa shape index (κ2) is 7.57. The predicted octanol–water partition coefficient (Wildman–Crippen LogP) is 4.23. The number of amides is 1. The number of hydrogen-bond acceptors (Lipinski definition) is 6. The first-order chi connectivity index (χ1) is 14.7. The number of thiophene rings is 1. The second-order valence-electron chi connectivity index (χ2n) is 6.86. The van der Waals surface area contributed by atoms with Crippen LogP contribution in [0, 0.1) is 0 Å². The monoisotopic (exact) mass is 415 g/mol. The number of carbonyl (C=O) groups excluding carboxylic acids is 1. The predicted molar refractivity (Wildman–Crippen MR) is 114 cm³/mol. The molecule has 1 aromatic carbocycles. The van der Waals surface area contributed by atoms with Gasteiger partial charge >= 0.3 is 0 Å². The van der Waals surface area contributed by atoms with Crippen molar-refractivity contribution in [1.29, 1.82) is 0 Å². The highest BCUT2D eigenvalue weighted by Gasteiger charge is 2.36. The fourth-order valence-electron chi connectivity index (χ4n) is 3.52. The summed E-state index contributed by atoms with van der Waals surface area (Å²) in [4.78, 5) is 18.5. The van der Waals surface area contributed by atoms with E-state index >= 15 is 0 Å². The Morgan fingerprint density at radius 2 is 2.07 bits per heavy atom. The molecule has 2 N–H and O–H groups in total. The topological polar surface area (TPSA) is 94.5 Å². The molecule has 5 rings (SSSR count). The number of nitrogens with one attached hydrogen (secondary N) is 1. The van der Waals surface area contributed by atoms with Crippen LogP contribution in [0.5, 0.6) is 5.75 Å². The van der Waals surface area contributed by atoms with Gasteiger partial charge in [-0.3, -0.25) is 14.9 Å². The number of phenolic OH excluding ortho intramolecular Hbond substituents is 1.